The van der Waals surface area contributed by atoms with Crippen LogP contribution < -0.4 is 14.2 Å². The summed E-state index contributed by atoms with van der Waals surface area (Å²) >= 11 is 0. The summed E-state index contributed by atoms with van der Waals surface area (Å²) in [6.07, 6.45) is 1.13. The normalized spacial score (nSPS) is 14.0. The van der Waals surface area contributed by atoms with Gasteiger partial charge < -0.3 is 19.1 Å². The molecule has 0 saturated heterocycles. The summed E-state index contributed by atoms with van der Waals surface area (Å²) in [4.78, 5) is 25.4. The molecule has 128 valence electrons. The molecular weight excluding hydrogens is 322 g/mol. The Labute approximate surface area is 145 Å². The molecule has 2 aromatic carbocycles. The van der Waals surface area contributed by atoms with Crippen LogP contribution in [0.15, 0.2) is 48.2 Å². The number of ketones is 1. The Morgan fingerprint density at radius 2 is 1.92 bits per heavy atom. The average molecular weight is 339 g/mol. The van der Waals surface area contributed by atoms with E-state index < -0.39 is 6.09 Å². The number of para-hydroxylation sites is 1. The number of Topliss-reactive ketones (excluding diaryl/α,β-unsaturated/α-hetero) is 1. The van der Waals surface area contributed by atoms with Gasteiger partial charge in [0, 0.05) is 25.7 Å². The first-order valence-corrected chi connectivity index (χ1v) is 7.60. The van der Waals surface area contributed by atoms with Gasteiger partial charge in [-0.25, -0.2) is 4.79 Å². The number of fused-ring (bicyclic) bond motifs is 1. The Kier molecular flexibility index (Phi) is 4.43. The lowest BCUT2D eigenvalue weighted by Crippen LogP contribution is -2.25. The third kappa shape index (κ3) is 3.33. The van der Waals surface area contributed by atoms with Gasteiger partial charge in [-0.15, -0.1) is 0 Å². The molecule has 0 atom stereocenters. The number of nitrogens with zero attached hydrogens (tertiary/aromatic N) is 1. The van der Waals surface area contributed by atoms with Gasteiger partial charge in [-0.3, -0.25) is 4.79 Å². The van der Waals surface area contributed by atoms with E-state index in [1.54, 1.807) is 45.5 Å². The molecule has 1 amide bonds. The second kappa shape index (κ2) is 6.68. The highest BCUT2D eigenvalue weighted by Crippen LogP contribution is 2.35. The highest BCUT2D eigenvalue weighted by Gasteiger charge is 2.28. The number of carbonyl (C=O) groups is 2. The van der Waals surface area contributed by atoms with E-state index in [0.717, 1.165) is 5.56 Å². The van der Waals surface area contributed by atoms with Crippen molar-refractivity contribution >= 4 is 18.0 Å². The van der Waals surface area contributed by atoms with Crippen LogP contribution in [0.25, 0.3) is 6.08 Å². The van der Waals surface area contributed by atoms with E-state index in [9.17, 15) is 9.59 Å². The van der Waals surface area contributed by atoms with E-state index in [4.69, 9.17) is 14.2 Å². The highest BCUT2D eigenvalue weighted by molar-refractivity contribution is 6.14. The molecule has 25 heavy (non-hydrogen) atoms. The van der Waals surface area contributed by atoms with Crippen molar-refractivity contribution in [3.63, 3.8) is 0 Å². The fourth-order valence-electron chi connectivity index (χ4n) is 2.35. The van der Waals surface area contributed by atoms with Crippen LogP contribution in [0.1, 0.15) is 15.9 Å². The van der Waals surface area contributed by atoms with E-state index in [0.29, 0.717) is 22.8 Å². The van der Waals surface area contributed by atoms with Gasteiger partial charge in [-0.1, -0.05) is 18.2 Å². The third-order valence-electron chi connectivity index (χ3n) is 3.64. The average Bonchev–Trinajstić information content (AvgIpc) is 2.90. The van der Waals surface area contributed by atoms with Crippen LogP contribution in [0, 0.1) is 0 Å². The molecule has 6 heteroatoms. The summed E-state index contributed by atoms with van der Waals surface area (Å²) < 4.78 is 16.1. The zero-order valence-electron chi connectivity index (χ0n) is 14.1. The summed E-state index contributed by atoms with van der Waals surface area (Å²) in [7, 11) is 4.74. The van der Waals surface area contributed by atoms with Gasteiger partial charge in [0.05, 0.1) is 12.7 Å². The van der Waals surface area contributed by atoms with Crippen LogP contribution in [0.4, 0.5) is 4.79 Å². The van der Waals surface area contributed by atoms with E-state index in [1.165, 1.54) is 11.0 Å². The van der Waals surface area contributed by atoms with Crippen molar-refractivity contribution < 1.29 is 23.8 Å². The van der Waals surface area contributed by atoms with Gasteiger partial charge in [0.2, 0.25) is 5.78 Å². The van der Waals surface area contributed by atoms with Crippen molar-refractivity contribution in [3.8, 4) is 17.2 Å². The van der Waals surface area contributed by atoms with E-state index >= 15 is 0 Å². The minimum Gasteiger partial charge on any atom is -0.496 e. The van der Waals surface area contributed by atoms with E-state index in [1.807, 2.05) is 18.2 Å². The number of hydrogen-bond donors (Lipinski definition) is 0. The first-order valence-electron chi connectivity index (χ1n) is 7.60. The fraction of sp³-hybridized carbons (Fsp3) is 0.158. The molecule has 0 aliphatic carbocycles. The molecule has 6 nitrogen and oxygen atoms in total. The molecule has 1 aliphatic rings. The maximum atomic E-state index is 12.5. The number of rotatable bonds is 3. The molecular formula is C19H17NO5. The van der Waals surface area contributed by atoms with Crippen molar-refractivity contribution in [2.24, 2.45) is 0 Å². The minimum atomic E-state index is -0.505. The van der Waals surface area contributed by atoms with E-state index in [2.05, 4.69) is 0 Å². The number of carbonyl (C=O) groups excluding carboxylic acids is 2. The quantitative estimate of drug-likeness (QED) is 0.802. The predicted octanol–water partition coefficient (Wildman–Crippen LogP) is 3.37. The van der Waals surface area contributed by atoms with Crippen LogP contribution in [0.3, 0.4) is 0 Å². The number of hydrogen-bond acceptors (Lipinski definition) is 5. The maximum Gasteiger partial charge on any atom is 0.414 e. The first-order chi connectivity index (χ1) is 12.0. The largest absolute Gasteiger partial charge is 0.496 e. The van der Waals surface area contributed by atoms with Gasteiger partial charge in [0.25, 0.3) is 0 Å². The van der Waals surface area contributed by atoms with Gasteiger partial charge in [0.1, 0.15) is 17.2 Å². The Hall–Kier alpha value is -3.28. The number of benzene rings is 2. The molecule has 3 rings (SSSR count). The van der Waals surface area contributed by atoms with E-state index in [-0.39, 0.29) is 11.5 Å². The van der Waals surface area contributed by atoms with Crippen molar-refractivity contribution in [1.29, 1.82) is 0 Å². The predicted molar refractivity (Wildman–Crippen MR) is 92.1 cm³/mol. The van der Waals surface area contributed by atoms with Gasteiger partial charge >= 0.3 is 6.09 Å². The summed E-state index contributed by atoms with van der Waals surface area (Å²) in [5, 5.41) is 0. The lowest BCUT2D eigenvalue weighted by molar-refractivity contribution is 0.101. The lowest BCUT2D eigenvalue weighted by atomic mass is 10.1. The third-order valence-corrected chi connectivity index (χ3v) is 3.64. The van der Waals surface area contributed by atoms with Crippen LogP contribution in [0.5, 0.6) is 17.2 Å². The number of amides is 1. The molecule has 0 unspecified atom stereocenters. The molecule has 0 aromatic heterocycles. The van der Waals surface area contributed by atoms with Crippen molar-refractivity contribution in [2.75, 3.05) is 21.2 Å². The van der Waals surface area contributed by atoms with Crippen LogP contribution >= 0.6 is 0 Å². The van der Waals surface area contributed by atoms with Gasteiger partial charge in [-0.05, 0) is 24.3 Å². The molecule has 0 bridgehead atoms. The topological polar surface area (TPSA) is 65.1 Å². The molecule has 0 spiro atoms. The second-order valence-electron chi connectivity index (χ2n) is 5.60. The van der Waals surface area contributed by atoms with Crippen LogP contribution in [0.2, 0.25) is 0 Å². The Bertz CT molecular complexity index is 870. The molecule has 2 aromatic rings. The SMILES string of the molecule is COc1ccccc1C=C1Oc2cc(OC(=O)N(C)C)ccc2C1=O. The summed E-state index contributed by atoms with van der Waals surface area (Å²) in [6.45, 7) is 0. The van der Waals surface area contributed by atoms with Gasteiger partial charge in [0.15, 0.2) is 5.76 Å². The molecule has 1 aliphatic heterocycles. The Balaban J connectivity index is 1.88. The summed E-state index contributed by atoms with van der Waals surface area (Å²) in [5.74, 6) is 1.27. The zero-order valence-corrected chi connectivity index (χ0v) is 14.1. The molecule has 0 saturated carbocycles. The number of methoxy groups -OCH3 is 1. The molecule has 0 fully saturated rings. The monoisotopic (exact) mass is 339 g/mol. The highest BCUT2D eigenvalue weighted by atomic mass is 16.6. The van der Waals surface area contributed by atoms with Crippen molar-refractivity contribution in [3.05, 3.63) is 59.4 Å². The molecule has 1 heterocycles. The smallest absolute Gasteiger partial charge is 0.414 e. The number of allylic oxidation sites excluding steroid dienone is 1. The lowest BCUT2D eigenvalue weighted by Gasteiger charge is -2.10. The van der Waals surface area contributed by atoms with Crippen LogP contribution in [-0.2, 0) is 0 Å². The van der Waals surface area contributed by atoms with Crippen molar-refractivity contribution in [2.45, 2.75) is 0 Å². The Morgan fingerprint density at radius 1 is 1.16 bits per heavy atom. The number of ether oxygens (including phenoxy) is 3. The van der Waals surface area contributed by atoms with Gasteiger partial charge in [-0.2, -0.15) is 0 Å². The van der Waals surface area contributed by atoms with Crippen LogP contribution in [-0.4, -0.2) is 38.0 Å². The first kappa shape index (κ1) is 16.6. The molecule has 0 N–H and O–H groups in total. The summed E-state index contributed by atoms with van der Waals surface area (Å²) in [6, 6.07) is 12.0. The second-order valence-corrected chi connectivity index (χ2v) is 5.60. The zero-order chi connectivity index (χ0) is 18.0. The maximum absolute atomic E-state index is 12.5. The summed E-state index contributed by atoms with van der Waals surface area (Å²) in [5.41, 5.74) is 1.16. The van der Waals surface area contributed by atoms with Crippen molar-refractivity contribution in [1.82, 2.24) is 4.90 Å². The fourth-order valence-corrected chi connectivity index (χ4v) is 2.35. The molecule has 0 radical (unpaired) electrons. The Morgan fingerprint density at radius 3 is 2.64 bits per heavy atom. The minimum absolute atomic E-state index is 0.190. The standard InChI is InChI=1S/C19H17NO5/c1-20(2)19(22)24-13-8-9-14-16(11-13)25-17(18(14)21)10-12-6-4-5-7-15(12)23-3/h4-11H,1-3H3.